The molecule has 1 aromatic carbocycles. The maximum Gasteiger partial charge on any atom is 0.0234 e. The average molecular weight is 272 g/mol. The summed E-state index contributed by atoms with van der Waals surface area (Å²) in [5, 5.41) is 3.79. The summed E-state index contributed by atoms with van der Waals surface area (Å²) in [6.07, 6.45) is 8.52. The first-order valence-corrected chi connectivity index (χ1v) is 8.40. The number of nitrogens with zero attached hydrogens (tertiary/aromatic N) is 1. The Bertz CT molecular complexity index is 386. The molecule has 1 unspecified atom stereocenters. The van der Waals surface area contributed by atoms with Crippen molar-refractivity contribution in [2.75, 3.05) is 19.6 Å². The fourth-order valence-electron chi connectivity index (χ4n) is 3.48. The Kier molecular flexibility index (Phi) is 5.10. The molecule has 20 heavy (non-hydrogen) atoms. The summed E-state index contributed by atoms with van der Waals surface area (Å²) in [5.74, 6) is 1.03. The number of benzene rings is 1. The van der Waals surface area contributed by atoms with Gasteiger partial charge in [0.25, 0.3) is 0 Å². The van der Waals surface area contributed by atoms with Gasteiger partial charge in [-0.1, -0.05) is 49.6 Å². The molecular formula is C18H28N2. The van der Waals surface area contributed by atoms with Gasteiger partial charge >= 0.3 is 0 Å². The Morgan fingerprint density at radius 1 is 1.05 bits per heavy atom. The van der Waals surface area contributed by atoms with Gasteiger partial charge in [-0.05, 0) is 43.8 Å². The summed E-state index contributed by atoms with van der Waals surface area (Å²) in [7, 11) is 0. The van der Waals surface area contributed by atoms with Gasteiger partial charge in [-0.25, -0.2) is 0 Å². The standard InChI is InChI=1S/C18H28N2/c1-2-6-17(7-3-1)14-20-13-5-10-18(15-20)19-12-11-16-8-4-9-16/h1-3,6-7,16,18-19H,4-5,8-15H2. The van der Waals surface area contributed by atoms with Crippen LogP contribution >= 0.6 is 0 Å². The van der Waals surface area contributed by atoms with E-state index in [1.54, 1.807) is 0 Å². The van der Waals surface area contributed by atoms with Crippen molar-refractivity contribution in [3.8, 4) is 0 Å². The van der Waals surface area contributed by atoms with Gasteiger partial charge in [-0.15, -0.1) is 0 Å². The maximum absolute atomic E-state index is 3.79. The van der Waals surface area contributed by atoms with Crippen molar-refractivity contribution in [2.45, 2.75) is 51.1 Å². The van der Waals surface area contributed by atoms with E-state index in [9.17, 15) is 0 Å². The van der Waals surface area contributed by atoms with Crippen molar-refractivity contribution >= 4 is 0 Å². The Balaban J connectivity index is 1.39. The van der Waals surface area contributed by atoms with Crippen LogP contribution < -0.4 is 5.32 Å². The minimum atomic E-state index is 0.715. The monoisotopic (exact) mass is 272 g/mol. The van der Waals surface area contributed by atoms with Crippen LogP contribution in [0.5, 0.6) is 0 Å². The molecule has 0 bridgehead atoms. The van der Waals surface area contributed by atoms with Gasteiger partial charge in [0.05, 0.1) is 0 Å². The largest absolute Gasteiger partial charge is 0.313 e. The first-order valence-electron chi connectivity index (χ1n) is 8.40. The molecule has 2 heteroatoms. The third kappa shape index (κ3) is 4.07. The van der Waals surface area contributed by atoms with Gasteiger partial charge in [-0.2, -0.15) is 0 Å². The Labute approximate surface area is 123 Å². The summed E-state index contributed by atoms with van der Waals surface area (Å²) in [5.41, 5.74) is 1.45. The molecule has 1 aliphatic heterocycles. The number of piperidine rings is 1. The van der Waals surface area contributed by atoms with Gasteiger partial charge in [0.1, 0.15) is 0 Å². The second kappa shape index (κ2) is 7.24. The molecule has 0 aromatic heterocycles. The van der Waals surface area contributed by atoms with Crippen LogP contribution in [0.4, 0.5) is 0 Å². The van der Waals surface area contributed by atoms with Gasteiger partial charge in [-0.3, -0.25) is 4.90 Å². The zero-order valence-electron chi connectivity index (χ0n) is 12.6. The molecule has 1 saturated heterocycles. The third-order valence-corrected chi connectivity index (χ3v) is 4.96. The van der Waals surface area contributed by atoms with Crippen LogP contribution in [0.15, 0.2) is 30.3 Å². The molecule has 1 saturated carbocycles. The van der Waals surface area contributed by atoms with E-state index in [0.29, 0.717) is 6.04 Å². The summed E-state index contributed by atoms with van der Waals surface area (Å²) in [6, 6.07) is 11.6. The van der Waals surface area contributed by atoms with E-state index >= 15 is 0 Å². The van der Waals surface area contributed by atoms with E-state index in [1.165, 1.54) is 63.7 Å². The van der Waals surface area contributed by atoms with E-state index in [1.807, 2.05) is 0 Å². The van der Waals surface area contributed by atoms with Crippen LogP contribution in [-0.2, 0) is 6.54 Å². The first kappa shape index (κ1) is 14.1. The highest BCUT2D eigenvalue weighted by Gasteiger charge is 2.21. The lowest BCUT2D eigenvalue weighted by atomic mass is 9.83. The molecule has 1 heterocycles. The van der Waals surface area contributed by atoms with Crippen LogP contribution in [0, 0.1) is 5.92 Å². The van der Waals surface area contributed by atoms with Crippen molar-refractivity contribution in [1.82, 2.24) is 10.2 Å². The molecule has 0 spiro atoms. The van der Waals surface area contributed by atoms with Crippen LogP contribution in [0.3, 0.4) is 0 Å². The Morgan fingerprint density at radius 3 is 2.65 bits per heavy atom. The topological polar surface area (TPSA) is 15.3 Å². The molecule has 1 atom stereocenters. The van der Waals surface area contributed by atoms with Crippen LogP contribution in [0.2, 0.25) is 0 Å². The van der Waals surface area contributed by atoms with Crippen molar-refractivity contribution in [3.05, 3.63) is 35.9 Å². The summed E-state index contributed by atoms with van der Waals surface area (Å²) in [6.45, 7) is 4.82. The number of rotatable bonds is 6. The fourth-order valence-corrected chi connectivity index (χ4v) is 3.48. The molecule has 0 radical (unpaired) electrons. The summed E-state index contributed by atoms with van der Waals surface area (Å²) < 4.78 is 0. The minimum Gasteiger partial charge on any atom is -0.313 e. The van der Waals surface area contributed by atoms with Gasteiger partial charge in [0, 0.05) is 19.1 Å². The molecule has 3 rings (SSSR count). The molecule has 110 valence electrons. The predicted molar refractivity (Wildman–Crippen MR) is 84.7 cm³/mol. The second-order valence-corrected chi connectivity index (χ2v) is 6.60. The van der Waals surface area contributed by atoms with Gasteiger partial charge in [0.2, 0.25) is 0 Å². The highest BCUT2D eigenvalue weighted by atomic mass is 15.2. The fraction of sp³-hybridized carbons (Fsp3) is 0.667. The average Bonchev–Trinajstić information content (AvgIpc) is 2.43. The van der Waals surface area contributed by atoms with Crippen molar-refractivity contribution in [3.63, 3.8) is 0 Å². The normalized spacial score (nSPS) is 24.5. The van der Waals surface area contributed by atoms with E-state index in [-0.39, 0.29) is 0 Å². The Morgan fingerprint density at radius 2 is 1.90 bits per heavy atom. The van der Waals surface area contributed by atoms with Crippen molar-refractivity contribution < 1.29 is 0 Å². The Hall–Kier alpha value is -0.860. The van der Waals surface area contributed by atoms with E-state index in [2.05, 4.69) is 40.5 Å². The van der Waals surface area contributed by atoms with Gasteiger partial charge < -0.3 is 5.32 Å². The molecule has 1 aliphatic carbocycles. The molecule has 2 aliphatic rings. The molecular weight excluding hydrogens is 244 g/mol. The summed E-state index contributed by atoms with van der Waals surface area (Å²) in [4.78, 5) is 2.61. The zero-order valence-corrected chi connectivity index (χ0v) is 12.6. The second-order valence-electron chi connectivity index (χ2n) is 6.60. The number of nitrogens with one attached hydrogen (secondary N) is 1. The molecule has 2 fully saturated rings. The highest BCUT2D eigenvalue weighted by Crippen LogP contribution is 2.28. The van der Waals surface area contributed by atoms with E-state index < -0.39 is 0 Å². The predicted octanol–water partition coefficient (Wildman–Crippen LogP) is 3.43. The van der Waals surface area contributed by atoms with Crippen LogP contribution in [0.1, 0.15) is 44.1 Å². The summed E-state index contributed by atoms with van der Waals surface area (Å²) >= 11 is 0. The van der Waals surface area contributed by atoms with Crippen LogP contribution in [-0.4, -0.2) is 30.6 Å². The van der Waals surface area contributed by atoms with E-state index in [4.69, 9.17) is 0 Å². The quantitative estimate of drug-likeness (QED) is 0.853. The van der Waals surface area contributed by atoms with Crippen LogP contribution in [0.25, 0.3) is 0 Å². The molecule has 1 aromatic rings. The molecule has 1 N–H and O–H groups in total. The highest BCUT2D eigenvalue weighted by molar-refractivity contribution is 5.14. The smallest absolute Gasteiger partial charge is 0.0234 e. The minimum absolute atomic E-state index is 0.715. The lowest BCUT2D eigenvalue weighted by Crippen LogP contribution is -2.45. The van der Waals surface area contributed by atoms with Crippen molar-refractivity contribution in [1.29, 1.82) is 0 Å². The third-order valence-electron chi connectivity index (χ3n) is 4.96. The first-order chi connectivity index (χ1) is 9.90. The van der Waals surface area contributed by atoms with E-state index in [0.717, 1.165) is 12.5 Å². The number of hydrogen-bond donors (Lipinski definition) is 1. The molecule has 0 amide bonds. The van der Waals surface area contributed by atoms with Crippen molar-refractivity contribution in [2.24, 2.45) is 5.92 Å². The lowest BCUT2D eigenvalue weighted by Gasteiger charge is -2.34. The zero-order chi connectivity index (χ0) is 13.6. The SMILES string of the molecule is c1ccc(CN2CCCC(NCCC3CCC3)C2)cc1. The van der Waals surface area contributed by atoms with Gasteiger partial charge in [0.15, 0.2) is 0 Å². The number of likely N-dealkylation sites (tertiary alicyclic amines) is 1. The maximum atomic E-state index is 3.79. The number of hydrogen-bond acceptors (Lipinski definition) is 2. The lowest BCUT2D eigenvalue weighted by molar-refractivity contribution is 0.179. The molecule has 2 nitrogen and oxygen atoms in total.